The molecule has 1 aromatic carbocycles. The predicted octanol–water partition coefficient (Wildman–Crippen LogP) is 3.01. The zero-order chi connectivity index (χ0) is 16.1. The second-order valence-corrected chi connectivity index (χ2v) is 7.04. The lowest BCUT2D eigenvalue weighted by atomic mass is 9.98. The van der Waals surface area contributed by atoms with Crippen LogP contribution in [0.1, 0.15) is 30.7 Å². The molecule has 2 heterocycles. The van der Waals surface area contributed by atoms with Crippen LogP contribution >= 0.6 is 24.0 Å². The molecule has 3 rings (SSSR count). The number of halogens is 1. The number of guanidine groups is 1. The monoisotopic (exact) mass is 442 g/mol. The van der Waals surface area contributed by atoms with Gasteiger partial charge in [0.2, 0.25) is 0 Å². The van der Waals surface area contributed by atoms with E-state index >= 15 is 0 Å². The fraction of sp³-hybridized carbons (Fsp3) is 0.632. The minimum Gasteiger partial charge on any atom is -0.356 e. The highest BCUT2D eigenvalue weighted by Crippen LogP contribution is 2.26. The third-order valence-electron chi connectivity index (χ3n) is 5.24. The molecule has 1 aromatic rings. The summed E-state index contributed by atoms with van der Waals surface area (Å²) in [5.41, 5.74) is 1.46. The van der Waals surface area contributed by atoms with Crippen LogP contribution in [0.2, 0.25) is 0 Å². The first-order chi connectivity index (χ1) is 11.3. The zero-order valence-electron chi connectivity index (χ0n) is 14.9. The van der Waals surface area contributed by atoms with Gasteiger partial charge in [0.25, 0.3) is 0 Å². The number of rotatable bonds is 3. The molecule has 0 aliphatic carbocycles. The number of hydrogen-bond donors (Lipinski definition) is 1. The van der Waals surface area contributed by atoms with Crippen LogP contribution in [0.15, 0.2) is 35.3 Å². The Morgan fingerprint density at radius 2 is 1.96 bits per heavy atom. The van der Waals surface area contributed by atoms with E-state index in [0.717, 1.165) is 31.5 Å². The standard InChI is InChI=1S/C19H30N4.HI/c1-20-19(21-13-16-7-6-11-22(2)14-16)23-12-10-18(15-23)17-8-4-3-5-9-17;/h3-5,8-9,16,18H,6-7,10-15H2,1-2H3,(H,20,21);1H. The van der Waals surface area contributed by atoms with E-state index in [1.54, 1.807) is 0 Å². The largest absolute Gasteiger partial charge is 0.356 e. The van der Waals surface area contributed by atoms with Gasteiger partial charge in [-0.25, -0.2) is 0 Å². The number of hydrogen-bond acceptors (Lipinski definition) is 2. The van der Waals surface area contributed by atoms with Crippen LogP contribution in [0.25, 0.3) is 0 Å². The van der Waals surface area contributed by atoms with Crippen molar-refractivity contribution in [1.29, 1.82) is 0 Å². The lowest BCUT2D eigenvalue weighted by Crippen LogP contribution is -2.44. The van der Waals surface area contributed by atoms with Gasteiger partial charge >= 0.3 is 0 Å². The molecule has 0 saturated carbocycles. The molecule has 2 aliphatic heterocycles. The van der Waals surface area contributed by atoms with Crippen molar-refractivity contribution in [3.8, 4) is 0 Å². The predicted molar refractivity (Wildman–Crippen MR) is 112 cm³/mol. The summed E-state index contributed by atoms with van der Waals surface area (Å²) in [7, 11) is 4.14. The molecular weight excluding hydrogens is 411 g/mol. The Hall–Kier alpha value is -0.820. The van der Waals surface area contributed by atoms with E-state index in [-0.39, 0.29) is 24.0 Å². The van der Waals surface area contributed by atoms with Gasteiger partial charge in [0.05, 0.1) is 0 Å². The molecule has 2 fully saturated rings. The van der Waals surface area contributed by atoms with E-state index in [1.165, 1.54) is 37.9 Å². The fourth-order valence-corrected chi connectivity index (χ4v) is 3.96. The SMILES string of the molecule is CN=C(NCC1CCCN(C)C1)N1CCC(c2ccccc2)C1.I. The molecule has 2 unspecified atom stereocenters. The third-order valence-corrected chi connectivity index (χ3v) is 5.24. The van der Waals surface area contributed by atoms with Gasteiger partial charge in [-0.05, 0) is 44.3 Å². The molecule has 4 nitrogen and oxygen atoms in total. The minimum absolute atomic E-state index is 0. The molecule has 24 heavy (non-hydrogen) atoms. The second-order valence-electron chi connectivity index (χ2n) is 7.04. The molecule has 1 N–H and O–H groups in total. The molecule has 2 saturated heterocycles. The van der Waals surface area contributed by atoms with E-state index in [4.69, 9.17) is 0 Å². The van der Waals surface area contributed by atoms with Gasteiger partial charge in [-0.1, -0.05) is 30.3 Å². The Labute approximate surface area is 163 Å². The lowest BCUT2D eigenvalue weighted by Gasteiger charge is -2.31. The van der Waals surface area contributed by atoms with Crippen LogP contribution in [-0.2, 0) is 0 Å². The number of nitrogens with zero attached hydrogens (tertiary/aromatic N) is 3. The van der Waals surface area contributed by atoms with Gasteiger partial charge in [0, 0.05) is 39.1 Å². The van der Waals surface area contributed by atoms with Crippen LogP contribution in [0.5, 0.6) is 0 Å². The van der Waals surface area contributed by atoms with Gasteiger partial charge in [-0.2, -0.15) is 0 Å². The van der Waals surface area contributed by atoms with Crippen LogP contribution in [0.4, 0.5) is 0 Å². The number of benzene rings is 1. The van der Waals surface area contributed by atoms with Gasteiger partial charge in [0.15, 0.2) is 5.96 Å². The molecule has 2 atom stereocenters. The highest BCUT2D eigenvalue weighted by Gasteiger charge is 2.26. The Morgan fingerprint density at radius 1 is 1.17 bits per heavy atom. The third kappa shape index (κ3) is 5.09. The summed E-state index contributed by atoms with van der Waals surface area (Å²) < 4.78 is 0. The maximum Gasteiger partial charge on any atom is 0.193 e. The quantitative estimate of drug-likeness (QED) is 0.444. The van der Waals surface area contributed by atoms with Crippen LogP contribution in [-0.4, -0.2) is 62.6 Å². The summed E-state index contributed by atoms with van der Waals surface area (Å²) >= 11 is 0. The topological polar surface area (TPSA) is 30.9 Å². The van der Waals surface area contributed by atoms with Crippen LogP contribution in [0.3, 0.4) is 0 Å². The van der Waals surface area contributed by atoms with Crippen molar-refractivity contribution < 1.29 is 0 Å². The zero-order valence-corrected chi connectivity index (χ0v) is 17.3. The van der Waals surface area contributed by atoms with Gasteiger partial charge in [-0.3, -0.25) is 4.99 Å². The van der Waals surface area contributed by atoms with Crippen LogP contribution in [0, 0.1) is 5.92 Å². The smallest absolute Gasteiger partial charge is 0.193 e. The molecule has 0 spiro atoms. The van der Waals surface area contributed by atoms with Crippen molar-refractivity contribution in [2.75, 3.05) is 46.8 Å². The van der Waals surface area contributed by atoms with Gasteiger partial charge in [-0.15, -0.1) is 24.0 Å². The highest BCUT2D eigenvalue weighted by molar-refractivity contribution is 14.0. The minimum atomic E-state index is 0. The summed E-state index contributed by atoms with van der Waals surface area (Å²) in [5, 5.41) is 3.62. The molecule has 0 amide bonds. The highest BCUT2D eigenvalue weighted by atomic mass is 127. The average Bonchev–Trinajstić information content (AvgIpc) is 3.06. The molecule has 0 aromatic heterocycles. The molecular formula is C19H31IN4. The summed E-state index contributed by atoms with van der Waals surface area (Å²) in [5.74, 6) is 2.46. The van der Waals surface area contributed by atoms with Gasteiger partial charge in [0.1, 0.15) is 0 Å². The summed E-state index contributed by atoms with van der Waals surface area (Å²) in [6, 6.07) is 10.9. The average molecular weight is 442 g/mol. The van der Waals surface area contributed by atoms with E-state index in [2.05, 4.69) is 57.5 Å². The first-order valence-corrected chi connectivity index (χ1v) is 8.95. The molecule has 134 valence electrons. The van der Waals surface area contributed by atoms with Crippen molar-refractivity contribution >= 4 is 29.9 Å². The summed E-state index contributed by atoms with van der Waals surface area (Å²) in [4.78, 5) is 9.38. The Morgan fingerprint density at radius 3 is 2.67 bits per heavy atom. The van der Waals surface area contributed by atoms with E-state index < -0.39 is 0 Å². The van der Waals surface area contributed by atoms with E-state index in [0.29, 0.717) is 5.92 Å². The number of likely N-dealkylation sites (tertiary alicyclic amines) is 2. The number of piperidine rings is 1. The molecule has 0 bridgehead atoms. The van der Waals surface area contributed by atoms with Crippen molar-refractivity contribution in [2.45, 2.75) is 25.2 Å². The first-order valence-electron chi connectivity index (χ1n) is 8.95. The second kappa shape index (κ2) is 9.61. The molecule has 5 heteroatoms. The molecule has 2 aliphatic rings. The van der Waals surface area contributed by atoms with Crippen molar-refractivity contribution in [3.63, 3.8) is 0 Å². The normalized spacial score (nSPS) is 25.4. The first kappa shape index (κ1) is 19.5. The maximum atomic E-state index is 4.52. The van der Waals surface area contributed by atoms with E-state index in [9.17, 15) is 0 Å². The van der Waals surface area contributed by atoms with Crippen molar-refractivity contribution in [2.24, 2.45) is 10.9 Å². The summed E-state index contributed by atoms with van der Waals surface area (Å²) in [6.07, 6.45) is 3.87. The Bertz CT molecular complexity index is 519. The van der Waals surface area contributed by atoms with Gasteiger partial charge < -0.3 is 15.1 Å². The fourth-order valence-electron chi connectivity index (χ4n) is 3.96. The lowest BCUT2D eigenvalue weighted by molar-refractivity contribution is 0.209. The number of aliphatic imine (C=N–C) groups is 1. The van der Waals surface area contributed by atoms with Crippen molar-refractivity contribution in [1.82, 2.24) is 15.1 Å². The Kier molecular flexibility index (Phi) is 7.81. The Balaban J connectivity index is 0.00000208. The number of nitrogens with one attached hydrogen (secondary N) is 1. The molecule has 0 radical (unpaired) electrons. The van der Waals surface area contributed by atoms with Crippen molar-refractivity contribution in [3.05, 3.63) is 35.9 Å². The van der Waals surface area contributed by atoms with Crippen LogP contribution < -0.4 is 5.32 Å². The van der Waals surface area contributed by atoms with E-state index in [1.807, 2.05) is 7.05 Å². The maximum absolute atomic E-state index is 4.52. The summed E-state index contributed by atoms with van der Waals surface area (Å²) in [6.45, 7) is 5.67.